The van der Waals surface area contributed by atoms with Crippen molar-refractivity contribution in [2.75, 3.05) is 13.1 Å². The molecule has 1 heterocycles. The molecule has 0 aliphatic carbocycles. The van der Waals surface area contributed by atoms with E-state index in [0.29, 0.717) is 12.5 Å². The lowest BCUT2D eigenvalue weighted by Gasteiger charge is -2.05. The Morgan fingerprint density at radius 3 is 3.20 bits per heavy atom. The van der Waals surface area contributed by atoms with Crippen LogP contribution < -0.4 is 10.6 Å². The fourth-order valence-corrected chi connectivity index (χ4v) is 1.000. The minimum absolute atomic E-state index is 0.140. The molecular weight excluding hydrogens is 128 g/mol. The van der Waals surface area contributed by atoms with Crippen LogP contribution in [0.3, 0.4) is 0 Å². The lowest BCUT2D eigenvalue weighted by molar-refractivity contribution is -0.119. The second kappa shape index (κ2) is 3.37. The Morgan fingerprint density at radius 1 is 1.90 bits per heavy atom. The summed E-state index contributed by atoms with van der Waals surface area (Å²) in [4.78, 5) is 10.6. The first-order valence-electron chi connectivity index (χ1n) is 3.44. The minimum atomic E-state index is 0.140. The molecule has 1 fully saturated rings. The third-order valence-corrected chi connectivity index (χ3v) is 1.53. The smallest absolute Gasteiger partial charge is 0.221 e. The first-order valence-corrected chi connectivity index (χ1v) is 3.44. The first kappa shape index (κ1) is 7.28. The number of hydrogen-bond acceptors (Lipinski definition) is 2. The van der Waals surface area contributed by atoms with E-state index >= 15 is 0 Å². The Morgan fingerprint density at radius 2 is 2.70 bits per heavy atom. The highest BCUT2D eigenvalue weighted by Gasteiger charge is 2.19. The fourth-order valence-electron chi connectivity index (χ4n) is 1.000. The van der Waals surface area contributed by atoms with Crippen molar-refractivity contribution in [1.82, 2.24) is 10.6 Å². The number of nitrogens with one attached hydrogen (secondary N) is 2. The van der Waals surface area contributed by atoms with Gasteiger partial charge in [0.1, 0.15) is 0 Å². The van der Waals surface area contributed by atoms with Gasteiger partial charge in [-0.3, -0.25) is 4.79 Å². The Kier molecular flexibility index (Phi) is 2.45. The van der Waals surface area contributed by atoms with Gasteiger partial charge in [0.25, 0.3) is 0 Å². The molecule has 56 valence electrons. The maximum absolute atomic E-state index is 10.6. The zero-order valence-electron chi connectivity index (χ0n) is 5.89. The summed E-state index contributed by atoms with van der Waals surface area (Å²) in [7, 11) is 0. The van der Waals surface area contributed by atoms with Gasteiger partial charge in [-0.15, -0.1) is 6.58 Å². The number of amides is 1. The van der Waals surface area contributed by atoms with Crippen molar-refractivity contribution in [2.24, 2.45) is 0 Å². The molecule has 0 bridgehead atoms. The van der Waals surface area contributed by atoms with Gasteiger partial charge in [0.05, 0.1) is 0 Å². The molecule has 3 nitrogen and oxygen atoms in total. The van der Waals surface area contributed by atoms with Crippen LogP contribution in [-0.4, -0.2) is 25.0 Å². The molecule has 1 saturated heterocycles. The first-order chi connectivity index (χ1) is 4.83. The van der Waals surface area contributed by atoms with Gasteiger partial charge in [-0.05, 0) is 0 Å². The van der Waals surface area contributed by atoms with E-state index in [1.165, 1.54) is 0 Å². The molecular formula is C7H12N2O. The van der Waals surface area contributed by atoms with Crippen molar-refractivity contribution in [3.8, 4) is 0 Å². The van der Waals surface area contributed by atoms with Crippen LogP contribution in [0.25, 0.3) is 0 Å². The Balaban J connectivity index is 2.18. The van der Waals surface area contributed by atoms with Gasteiger partial charge in [-0.2, -0.15) is 0 Å². The van der Waals surface area contributed by atoms with Crippen LogP contribution in [0.15, 0.2) is 12.7 Å². The lowest BCUT2D eigenvalue weighted by atomic mass is 10.2. The predicted molar refractivity (Wildman–Crippen MR) is 39.6 cm³/mol. The molecule has 1 aliphatic heterocycles. The van der Waals surface area contributed by atoms with Crippen LogP contribution in [0.1, 0.15) is 6.42 Å². The highest BCUT2D eigenvalue weighted by Crippen LogP contribution is 1.97. The molecule has 1 amide bonds. The van der Waals surface area contributed by atoms with Crippen LogP contribution in [0, 0.1) is 0 Å². The SMILES string of the molecule is C=CCNC1CNC(=O)C1. The van der Waals surface area contributed by atoms with Crippen LogP contribution in [-0.2, 0) is 4.79 Å². The molecule has 1 aliphatic rings. The van der Waals surface area contributed by atoms with E-state index in [1.54, 1.807) is 6.08 Å². The van der Waals surface area contributed by atoms with E-state index < -0.39 is 0 Å². The van der Waals surface area contributed by atoms with Crippen molar-refractivity contribution in [3.05, 3.63) is 12.7 Å². The van der Waals surface area contributed by atoms with E-state index in [-0.39, 0.29) is 5.91 Å². The molecule has 0 spiro atoms. The number of carbonyl (C=O) groups is 1. The highest BCUT2D eigenvalue weighted by atomic mass is 16.1. The number of carbonyl (C=O) groups excluding carboxylic acids is 1. The minimum Gasteiger partial charge on any atom is -0.354 e. The van der Waals surface area contributed by atoms with E-state index in [0.717, 1.165) is 13.1 Å². The zero-order chi connectivity index (χ0) is 7.40. The van der Waals surface area contributed by atoms with Gasteiger partial charge < -0.3 is 10.6 Å². The topological polar surface area (TPSA) is 41.1 Å². The van der Waals surface area contributed by atoms with E-state index in [4.69, 9.17) is 0 Å². The van der Waals surface area contributed by atoms with Gasteiger partial charge in [0.2, 0.25) is 5.91 Å². The molecule has 0 saturated carbocycles. The monoisotopic (exact) mass is 140 g/mol. The summed E-state index contributed by atoms with van der Waals surface area (Å²) in [6.07, 6.45) is 2.40. The summed E-state index contributed by atoms with van der Waals surface area (Å²) in [6, 6.07) is 0.311. The maximum atomic E-state index is 10.6. The predicted octanol–water partition coefficient (Wildman–Crippen LogP) is -0.350. The molecule has 1 atom stereocenters. The van der Waals surface area contributed by atoms with Crippen molar-refractivity contribution in [3.63, 3.8) is 0 Å². The molecule has 0 radical (unpaired) electrons. The summed E-state index contributed by atoms with van der Waals surface area (Å²) >= 11 is 0. The molecule has 2 N–H and O–H groups in total. The average molecular weight is 140 g/mol. The second-order valence-electron chi connectivity index (χ2n) is 2.40. The van der Waals surface area contributed by atoms with Crippen molar-refractivity contribution in [1.29, 1.82) is 0 Å². The summed E-state index contributed by atoms with van der Waals surface area (Å²) in [6.45, 7) is 5.11. The molecule has 1 unspecified atom stereocenters. The van der Waals surface area contributed by atoms with Gasteiger partial charge >= 0.3 is 0 Å². The molecule has 0 aromatic carbocycles. The molecule has 0 aromatic heterocycles. The van der Waals surface area contributed by atoms with Crippen LogP contribution in [0.5, 0.6) is 0 Å². The molecule has 1 rings (SSSR count). The van der Waals surface area contributed by atoms with E-state index in [9.17, 15) is 4.79 Å². The van der Waals surface area contributed by atoms with Crippen LogP contribution >= 0.6 is 0 Å². The normalized spacial score (nSPS) is 24.4. The van der Waals surface area contributed by atoms with E-state index in [1.807, 2.05) is 0 Å². The molecule has 0 aromatic rings. The zero-order valence-corrected chi connectivity index (χ0v) is 5.89. The van der Waals surface area contributed by atoms with Gasteiger partial charge in [-0.25, -0.2) is 0 Å². The molecule has 3 heteroatoms. The summed E-state index contributed by atoms with van der Waals surface area (Å²) in [5.41, 5.74) is 0. The van der Waals surface area contributed by atoms with Crippen LogP contribution in [0.2, 0.25) is 0 Å². The summed E-state index contributed by atoms with van der Waals surface area (Å²) in [5, 5.41) is 5.90. The number of rotatable bonds is 3. The van der Waals surface area contributed by atoms with Crippen LogP contribution in [0.4, 0.5) is 0 Å². The van der Waals surface area contributed by atoms with Crippen molar-refractivity contribution >= 4 is 5.91 Å². The standard InChI is InChI=1S/C7H12N2O/c1-2-3-8-6-4-7(10)9-5-6/h2,6,8H,1,3-5H2,(H,9,10). The Bertz CT molecular complexity index is 145. The second-order valence-corrected chi connectivity index (χ2v) is 2.40. The van der Waals surface area contributed by atoms with Crippen molar-refractivity contribution < 1.29 is 4.79 Å². The van der Waals surface area contributed by atoms with Gasteiger partial charge in [0, 0.05) is 25.6 Å². The van der Waals surface area contributed by atoms with Crippen molar-refractivity contribution in [2.45, 2.75) is 12.5 Å². The highest BCUT2D eigenvalue weighted by molar-refractivity contribution is 5.78. The van der Waals surface area contributed by atoms with Gasteiger partial charge in [-0.1, -0.05) is 6.08 Å². The molecule has 10 heavy (non-hydrogen) atoms. The largest absolute Gasteiger partial charge is 0.354 e. The Labute approximate surface area is 60.5 Å². The Hall–Kier alpha value is -0.830. The van der Waals surface area contributed by atoms with E-state index in [2.05, 4.69) is 17.2 Å². The third kappa shape index (κ3) is 1.84. The summed E-state index contributed by atoms with van der Waals surface area (Å²) < 4.78 is 0. The maximum Gasteiger partial charge on any atom is 0.221 e. The fraction of sp³-hybridized carbons (Fsp3) is 0.571. The average Bonchev–Trinajstić information content (AvgIpc) is 2.31. The van der Waals surface area contributed by atoms with Gasteiger partial charge in [0.15, 0.2) is 0 Å². The third-order valence-electron chi connectivity index (χ3n) is 1.53. The summed E-state index contributed by atoms with van der Waals surface area (Å²) in [5.74, 6) is 0.140. The lowest BCUT2D eigenvalue weighted by Crippen LogP contribution is -2.30. The number of hydrogen-bond donors (Lipinski definition) is 2. The quantitative estimate of drug-likeness (QED) is 0.526.